The highest BCUT2D eigenvalue weighted by atomic mass is 35.5. The van der Waals surface area contributed by atoms with Crippen molar-refractivity contribution in [2.75, 3.05) is 39.3 Å². The number of rotatable bonds is 4. The summed E-state index contributed by atoms with van der Waals surface area (Å²) >= 11 is 14.2. The van der Waals surface area contributed by atoms with Crippen LogP contribution in [0.1, 0.15) is 29.8 Å². The summed E-state index contributed by atoms with van der Waals surface area (Å²) in [6.45, 7) is 5.93. The molecular formula is C22H26Cl2N4OS. The van der Waals surface area contributed by atoms with Crippen LogP contribution < -0.4 is 0 Å². The van der Waals surface area contributed by atoms with E-state index in [0.29, 0.717) is 16.6 Å². The first-order chi connectivity index (χ1) is 14.6. The topological polar surface area (TPSA) is 39.7 Å². The molecule has 2 aliphatic heterocycles. The molecule has 3 aliphatic rings. The van der Waals surface area contributed by atoms with Crippen molar-refractivity contribution in [1.29, 1.82) is 0 Å². The highest BCUT2D eigenvalue weighted by Gasteiger charge is 2.30. The molecule has 160 valence electrons. The molecule has 1 saturated heterocycles. The lowest BCUT2D eigenvalue weighted by Crippen LogP contribution is -2.55. The van der Waals surface area contributed by atoms with E-state index in [0.717, 1.165) is 68.0 Å². The number of piperazine rings is 1. The molecule has 0 unspecified atom stereocenters. The van der Waals surface area contributed by atoms with Crippen molar-refractivity contribution in [3.63, 3.8) is 0 Å². The first-order valence-electron chi connectivity index (χ1n) is 10.8. The minimum atomic E-state index is 0.259. The highest BCUT2D eigenvalue weighted by molar-refractivity contribution is 7.15. The molecule has 2 fully saturated rings. The molecule has 3 heterocycles. The van der Waals surface area contributed by atoms with Crippen LogP contribution in [0.4, 0.5) is 0 Å². The van der Waals surface area contributed by atoms with Crippen LogP contribution in [0.25, 0.3) is 10.6 Å². The lowest BCUT2D eigenvalue weighted by molar-refractivity contribution is -0.135. The molecule has 0 atom stereocenters. The van der Waals surface area contributed by atoms with E-state index in [1.165, 1.54) is 24.1 Å². The molecule has 0 bridgehead atoms. The Kier molecular flexibility index (Phi) is 6.04. The first kappa shape index (κ1) is 20.7. The molecule has 0 spiro atoms. The molecule has 5 nitrogen and oxygen atoms in total. The van der Waals surface area contributed by atoms with Crippen molar-refractivity contribution in [2.45, 2.75) is 38.3 Å². The van der Waals surface area contributed by atoms with Crippen LogP contribution in [0.3, 0.4) is 0 Å². The summed E-state index contributed by atoms with van der Waals surface area (Å²) in [7, 11) is 0. The number of amides is 1. The summed E-state index contributed by atoms with van der Waals surface area (Å²) in [5.74, 6) is 0.259. The van der Waals surface area contributed by atoms with Crippen molar-refractivity contribution in [1.82, 2.24) is 19.7 Å². The van der Waals surface area contributed by atoms with Gasteiger partial charge in [0.25, 0.3) is 0 Å². The van der Waals surface area contributed by atoms with Gasteiger partial charge in [-0.05, 0) is 18.9 Å². The lowest BCUT2D eigenvalue weighted by atomic mass is 9.91. The zero-order valence-corrected chi connectivity index (χ0v) is 19.3. The van der Waals surface area contributed by atoms with Gasteiger partial charge in [-0.25, -0.2) is 4.98 Å². The Morgan fingerprint density at radius 3 is 2.67 bits per heavy atom. The summed E-state index contributed by atoms with van der Waals surface area (Å²) in [5, 5.41) is 2.01. The van der Waals surface area contributed by atoms with E-state index in [2.05, 4.69) is 14.7 Å². The molecule has 2 aromatic rings. The van der Waals surface area contributed by atoms with Gasteiger partial charge in [0.15, 0.2) is 0 Å². The lowest BCUT2D eigenvalue weighted by Gasteiger charge is -2.43. The third kappa shape index (κ3) is 4.13. The molecule has 1 aromatic heterocycles. The van der Waals surface area contributed by atoms with Gasteiger partial charge in [-0.2, -0.15) is 0 Å². The van der Waals surface area contributed by atoms with Gasteiger partial charge in [0.1, 0.15) is 5.01 Å². The number of fused-ring (bicyclic) bond motifs is 1. The van der Waals surface area contributed by atoms with Gasteiger partial charge < -0.3 is 4.90 Å². The largest absolute Gasteiger partial charge is 0.339 e. The Morgan fingerprint density at radius 2 is 1.93 bits per heavy atom. The number of carbonyl (C=O) groups is 1. The fourth-order valence-electron chi connectivity index (χ4n) is 4.55. The second-order valence-corrected chi connectivity index (χ2v) is 10.3. The predicted octanol–water partition coefficient (Wildman–Crippen LogP) is 4.17. The predicted molar refractivity (Wildman–Crippen MR) is 122 cm³/mol. The second-order valence-electron chi connectivity index (χ2n) is 8.45. The van der Waals surface area contributed by atoms with E-state index in [1.807, 2.05) is 12.1 Å². The van der Waals surface area contributed by atoms with Gasteiger partial charge in [0.05, 0.1) is 22.3 Å². The first-order valence-corrected chi connectivity index (χ1v) is 12.3. The van der Waals surface area contributed by atoms with Gasteiger partial charge in [0, 0.05) is 62.2 Å². The smallest absolute Gasteiger partial charge is 0.236 e. The van der Waals surface area contributed by atoms with Crippen LogP contribution in [0.5, 0.6) is 0 Å². The molecule has 0 N–H and O–H groups in total. The number of thiazole rings is 1. The summed E-state index contributed by atoms with van der Waals surface area (Å²) in [6, 6.07) is 6.43. The quantitative estimate of drug-likeness (QED) is 0.680. The van der Waals surface area contributed by atoms with Crippen LogP contribution in [0, 0.1) is 0 Å². The van der Waals surface area contributed by atoms with E-state index >= 15 is 0 Å². The molecule has 5 rings (SSSR count). The van der Waals surface area contributed by atoms with Crippen molar-refractivity contribution in [3.05, 3.63) is 38.8 Å². The van der Waals surface area contributed by atoms with Crippen molar-refractivity contribution in [3.8, 4) is 10.6 Å². The minimum Gasteiger partial charge on any atom is -0.339 e. The van der Waals surface area contributed by atoms with Crippen LogP contribution in [0.15, 0.2) is 18.2 Å². The molecule has 1 saturated carbocycles. The third-order valence-electron chi connectivity index (χ3n) is 6.61. The fraction of sp³-hybridized carbons (Fsp3) is 0.545. The normalized spacial score (nSPS) is 20.8. The van der Waals surface area contributed by atoms with Gasteiger partial charge in [-0.1, -0.05) is 41.8 Å². The Balaban J connectivity index is 1.19. The van der Waals surface area contributed by atoms with Gasteiger partial charge in [0.2, 0.25) is 5.91 Å². The molecule has 1 aliphatic carbocycles. The average Bonchev–Trinajstić information content (AvgIpc) is 3.12. The Hall–Kier alpha value is -1.18. The maximum atomic E-state index is 12.9. The number of aromatic nitrogens is 1. The van der Waals surface area contributed by atoms with E-state index in [1.54, 1.807) is 17.4 Å². The van der Waals surface area contributed by atoms with E-state index in [4.69, 9.17) is 28.2 Å². The summed E-state index contributed by atoms with van der Waals surface area (Å²) < 4.78 is 0. The molecule has 1 aromatic carbocycles. The van der Waals surface area contributed by atoms with E-state index in [9.17, 15) is 4.79 Å². The number of hydrogen-bond acceptors (Lipinski definition) is 5. The maximum Gasteiger partial charge on any atom is 0.236 e. The average molecular weight is 465 g/mol. The molecule has 0 radical (unpaired) electrons. The van der Waals surface area contributed by atoms with Gasteiger partial charge in [-0.15, -0.1) is 11.3 Å². The zero-order valence-electron chi connectivity index (χ0n) is 16.9. The summed E-state index contributed by atoms with van der Waals surface area (Å²) in [5.41, 5.74) is 2.01. The molecular weight excluding hydrogens is 439 g/mol. The van der Waals surface area contributed by atoms with Crippen LogP contribution in [-0.4, -0.2) is 70.9 Å². The molecule has 1 amide bonds. The second kappa shape index (κ2) is 8.75. The Labute approximate surface area is 191 Å². The van der Waals surface area contributed by atoms with Crippen molar-refractivity contribution in [2.24, 2.45) is 0 Å². The fourth-order valence-corrected chi connectivity index (χ4v) is 6.18. The number of hydrogen-bond donors (Lipinski definition) is 0. The minimum absolute atomic E-state index is 0.259. The van der Waals surface area contributed by atoms with E-state index < -0.39 is 0 Å². The van der Waals surface area contributed by atoms with Crippen LogP contribution >= 0.6 is 34.5 Å². The standard InChI is InChI=1S/C22H26Cl2N4OS/c23-17-6-2-5-16(21(17)24)22-25-18-7-8-26(13-19(18)30-22)14-20(29)28-11-9-27(10-12-28)15-3-1-4-15/h2,5-6,15H,1,3-4,7-14H2. The van der Waals surface area contributed by atoms with Crippen LogP contribution in [0.2, 0.25) is 10.0 Å². The number of carbonyl (C=O) groups excluding carboxylic acids is 1. The van der Waals surface area contributed by atoms with Gasteiger partial charge in [-0.3, -0.25) is 14.6 Å². The number of benzene rings is 1. The van der Waals surface area contributed by atoms with Gasteiger partial charge >= 0.3 is 0 Å². The SMILES string of the molecule is O=C(CN1CCc2nc(-c3cccc(Cl)c3Cl)sc2C1)N1CCN(C2CCC2)CC1. The Bertz CT molecular complexity index is 937. The Morgan fingerprint density at radius 1 is 1.13 bits per heavy atom. The summed E-state index contributed by atoms with van der Waals surface area (Å²) in [4.78, 5) is 25.8. The van der Waals surface area contributed by atoms with Crippen LogP contribution in [-0.2, 0) is 17.8 Å². The summed E-state index contributed by atoms with van der Waals surface area (Å²) in [6.07, 6.45) is 4.90. The monoisotopic (exact) mass is 464 g/mol. The maximum absolute atomic E-state index is 12.9. The third-order valence-corrected chi connectivity index (χ3v) is 8.54. The van der Waals surface area contributed by atoms with Crippen molar-refractivity contribution >= 4 is 40.4 Å². The number of halogens is 2. The van der Waals surface area contributed by atoms with Crippen molar-refractivity contribution < 1.29 is 4.79 Å². The van der Waals surface area contributed by atoms with E-state index in [-0.39, 0.29) is 5.91 Å². The molecule has 8 heteroatoms. The highest BCUT2D eigenvalue weighted by Crippen LogP contribution is 2.38. The molecule has 30 heavy (non-hydrogen) atoms. The number of nitrogens with zero attached hydrogens (tertiary/aromatic N) is 4. The zero-order chi connectivity index (χ0) is 20.7.